The van der Waals surface area contributed by atoms with Crippen LogP contribution >= 0.6 is 11.3 Å². The molecule has 0 saturated carbocycles. The first-order valence-electron chi connectivity index (χ1n) is 9.51. The SMILES string of the molecule is C#CCn1c(=NC(=O)c2cccc(N3C(=O)CCC3=O)c2)sc2cc(S(C)(=O)=O)ccc21. The average Bonchev–Trinajstić information content (AvgIpc) is 3.26. The number of benzene rings is 2. The maximum Gasteiger partial charge on any atom is 0.279 e. The summed E-state index contributed by atoms with van der Waals surface area (Å²) in [5, 5.41) is 0. The number of hydrogen-bond acceptors (Lipinski definition) is 6. The van der Waals surface area contributed by atoms with Gasteiger partial charge < -0.3 is 4.57 Å². The van der Waals surface area contributed by atoms with Gasteiger partial charge in [0.25, 0.3) is 5.91 Å². The van der Waals surface area contributed by atoms with Gasteiger partial charge in [-0.25, -0.2) is 8.42 Å². The minimum atomic E-state index is -3.40. The van der Waals surface area contributed by atoms with Crippen molar-refractivity contribution >= 4 is 54.8 Å². The quantitative estimate of drug-likeness (QED) is 0.432. The van der Waals surface area contributed by atoms with E-state index >= 15 is 0 Å². The normalized spacial score (nSPS) is 14.9. The van der Waals surface area contributed by atoms with Gasteiger partial charge in [0.1, 0.15) is 0 Å². The van der Waals surface area contributed by atoms with E-state index in [1.807, 2.05) is 0 Å². The van der Waals surface area contributed by atoms with E-state index in [0.29, 0.717) is 20.7 Å². The lowest BCUT2D eigenvalue weighted by molar-refractivity contribution is -0.121. The molecule has 1 fully saturated rings. The number of hydrogen-bond donors (Lipinski definition) is 0. The predicted octanol–water partition coefficient (Wildman–Crippen LogP) is 2.13. The van der Waals surface area contributed by atoms with Crippen LogP contribution in [0.2, 0.25) is 0 Å². The topological polar surface area (TPSA) is 106 Å². The summed E-state index contributed by atoms with van der Waals surface area (Å²) in [4.78, 5) is 42.6. The van der Waals surface area contributed by atoms with Crippen molar-refractivity contribution in [1.29, 1.82) is 0 Å². The van der Waals surface area contributed by atoms with Crippen LogP contribution in [0.5, 0.6) is 0 Å². The minimum absolute atomic E-state index is 0.140. The monoisotopic (exact) mass is 467 g/mol. The number of carbonyl (C=O) groups is 3. The lowest BCUT2D eigenvalue weighted by Gasteiger charge is -2.14. The van der Waals surface area contributed by atoms with E-state index in [1.165, 1.54) is 18.2 Å². The van der Waals surface area contributed by atoms with Gasteiger partial charge in [0.05, 0.1) is 27.3 Å². The second-order valence-corrected chi connectivity index (χ2v) is 10.2. The van der Waals surface area contributed by atoms with Crippen LogP contribution in [0, 0.1) is 12.3 Å². The average molecular weight is 468 g/mol. The summed E-state index contributed by atoms with van der Waals surface area (Å²) in [5.41, 5.74) is 1.19. The van der Waals surface area contributed by atoms with Crippen LogP contribution < -0.4 is 9.70 Å². The number of fused-ring (bicyclic) bond motifs is 1. The molecule has 10 heteroatoms. The molecule has 0 bridgehead atoms. The number of rotatable bonds is 4. The predicted molar refractivity (Wildman–Crippen MR) is 120 cm³/mol. The molecule has 1 aliphatic heterocycles. The van der Waals surface area contributed by atoms with Gasteiger partial charge in [0.2, 0.25) is 11.8 Å². The largest absolute Gasteiger partial charge is 0.305 e. The van der Waals surface area contributed by atoms with Crippen molar-refractivity contribution in [2.75, 3.05) is 11.2 Å². The molecule has 0 radical (unpaired) electrons. The Balaban J connectivity index is 1.79. The van der Waals surface area contributed by atoms with Crippen molar-refractivity contribution in [2.45, 2.75) is 24.3 Å². The first-order valence-corrected chi connectivity index (χ1v) is 12.2. The Morgan fingerprint density at radius 1 is 1.16 bits per heavy atom. The van der Waals surface area contributed by atoms with Crippen LogP contribution in [0.15, 0.2) is 52.4 Å². The highest BCUT2D eigenvalue weighted by molar-refractivity contribution is 7.90. The summed E-state index contributed by atoms with van der Waals surface area (Å²) >= 11 is 1.14. The number of sulfone groups is 1. The molecule has 0 spiro atoms. The molecule has 2 aromatic carbocycles. The fraction of sp³-hybridized carbons (Fsp3) is 0.182. The third kappa shape index (κ3) is 4.00. The molecule has 1 aliphatic rings. The highest BCUT2D eigenvalue weighted by atomic mass is 32.2. The van der Waals surface area contributed by atoms with Crippen LogP contribution in [-0.2, 0) is 26.0 Å². The molecule has 3 amide bonds. The number of aromatic nitrogens is 1. The third-order valence-electron chi connectivity index (χ3n) is 4.93. The van der Waals surface area contributed by atoms with Crippen molar-refractivity contribution in [2.24, 2.45) is 4.99 Å². The van der Waals surface area contributed by atoms with Gasteiger partial charge in [-0.15, -0.1) is 6.42 Å². The highest BCUT2D eigenvalue weighted by Gasteiger charge is 2.30. The number of amides is 3. The molecule has 1 saturated heterocycles. The zero-order valence-corrected chi connectivity index (χ0v) is 18.6. The smallest absolute Gasteiger partial charge is 0.279 e. The molecule has 162 valence electrons. The lowest BCUT2D eigenvalue weighted by atomic mass is 10.2. The minimum Gasteiger partial charge on any atom is -0.305 e. The molecular weight excluding hydrogens is 450 g/mol. The first-order chi connectivity index (χ1) is 15.2. The molecule has 0 atom stereocenters. The van der Waals surface area contributed by atoms with Crippen molar-refractivity contribution < 1.29 is 22.8 Å². The van der Waals surface area contributed by atoms with E-state index in [0.717, 1.165) is 22.5 Å². The van der Waals surface area contributed by atoms with Gasteiger partial charge in [-0.2, -0.15) is 4.99 Å². The fourth-order valence-corrected chi connectivity index (χ4v) is 5.20. The Morgan fingerprint density at radius 3 is 2.53 bits per heavy atom. The summed E-state index contributed by atoms with van der Waals surface area (Å²) in [5.74, 6) is 1.32. The van der Waals surface area contributed by atoms with E-state index in [9.17, 15) is 22.8 Å². The van der Waals surface area contributed by atoms with Crippen LogP contribution in [0.4, 0.5) is 5.69 Å². The Hall–Kier alpha value is -3.55. The van der Waals surface area contributed by atoms with E-state index in [2.05, 4.69) is 10.9 Å². The Bertz CT molecular complexity index is 1490. The number of nitrogens with zero attached hydrogens (tertiary/aromatic N) is 3. The number of terminal acetylenes is 1. The number of thiazole rings is 1. The van der Waals surface area contributed by atoms with Crippen molar-refractivity contribution in [1.82, 2.24) is 4.57 Å². The van der Waals surface area contributed by atoms with Crippen LogP contribution in [0.1, 0.15) is 23.2 Å². The third-order valence-corrected chi connectivity index (χ3v) is 7.08. The Kier molecular flexibility index (Phi) is 5.54. The molecule has 0 unspecified atom stereocenters. The standard InChI is InChI=1S/C22H17N3O5S2/c1-3-11-24-17-8-7-16(32(2,29)30)13-18(17)31-22(24)23-21(28)14-5-4-6-15(12-14)25-19(26)9-10-20(25)27/h1,4-8,12-13H,9-11H2,2H3. The maximum atomic E-state index is 12.9. The molecule has 0 aliphatic carbocycles. The molecule has 8 nitrogen and oxygen atoms in total. The van der Waals surface area contributed by atoms with Crippen LogP contribution in [0.25, 0.3) is 10.2 Å². The van der Waals surface area contributed by atoms with E-state index in [-0.39, 0.29) is 41.7 Å². The van der Waals surface area contributed by atoms with Gasteiger partial charge in [0.15, 0.2) is 14.6 Å². The maximum absolute atomic E-state index is 12.9. The summed E-state index contributed by atoms with van der Waals surface area (Å²) in [6, 6.07) is 10.8. The molecule has 2 heterocycles. The van der Waals surface area contributed by atoms with Crippen molar-refractivity contribution in [3.63, 3.8) is 0 Å². The zero-order valence-electron chi connectivity index (χ0n) is 16.9. The van der Waals surface area contributed by atoms with Crippen molar-refractivity contribution in [3.05, 3.63) is 52.8 Å². The number of carbonyl (C=O) groups excluding carboxylic acids is 3. The van der Waals surface area contributed by atoms with E-state index in [4.69, 9.17) is 6.42 Å². The van der Waals surface area contributed by atoms with E-state index in [1.54, 1.807) is 28.8 Å². The van der Waals surface area contributed by atoms with Gasteiger partial charge in [-0.3, -0.25) is 19.3 Å². The zero-order chi connectivity index (χ0) is 23.0. The van der Waals surface area contributed by atoms with Gasteiger partial charge in [0, 0.05) is 24.7 Å². The fourth-order valence-electron chi connectivity index (χ4n) is 3.41. The van der Waals surface area contributed by atoms with Crippen molar-refractivity contribution in [3.8, 4) is 12.3 Å². The van der Waals surface area contributed by atoms with Crippen LogP contribution in [-0.4, -0.2) is 37.0 Å². The molecule has 1 aromatic heterocycles. The van der Waals surface area contributed by atoms with Gasteiger partial charge in [-0.05, 0) is 36.4 Å². The van der Waals surface area contributed by atoms with Gasteiger partial charge >= 0.3 is 0 Å². The molecular formula is C22H17N3O5S2. The highest BCUT2D eigenvalue weighted by Crippen LogP contribution is 2.24. The second kappa shape index (κ2) is 8.18. The summed E-state index contributed by atoms with van der Waals surface area (Å²) in [7, 11) is -3.40. The van der Waals surface area contributed by atoms with E-state index < -0.39 is 15.7 Å². The molecule has 0 N–H and O–H groups in total. The summed E-state index contributed by atoms with van der Waals surface area (Å²) in [6.07, 6.45) is 6.89. The summed E-state index contributed by atoms with van der Waals surface area (Å²) in [6.45, 7) is 0.140. The first kappa shape index (κ1) is 21.7. The summed E-state index contributed by atoms with van der Waals surface area (Å²) < 4.78 is 26.0. The molecule has 4 rings (SSSR count). The Labute approximate surface area is 187 Å². The molecule has 32 heavy (non-hydrogen) atoms. The molecule has 3 aromatic rings. The number of imide groups is 1. The Morgan fingerprint density at radius 2 is 1.88 bits per heavy atom. The number of anilines is 1. The van der Waals surface area contributed by atoms with Gasteiger partial charge in [-0.1, -0.05) is 23.3 Å². The lowest BCUT2D eigenvalue weighted by Crippen LogP contribution is -2.28. The second-order valence-electron chi connectivity index (χ2n) is 7.17. The van der Waals surface area contributed by atoms with Crippen LogP contribution in [0.3, 0.4) is 0 Å².